The molecule has 1 aromatic heterocycles. The molecule has 0 fully saturated rings. The molecular formula is C22H23NO3. The van der Waals surface area contributed by atoms with E-state index in [-0.39, 0.29) is 0 Å². The summed E-state index contributed by atoms with van der Waals surface area (Å²) in [6.45, 7) is 2.54. The zero-order valence-corrected chi connectivity index (χ0v) is 15.2. The molecule has 0 N–H and O–H groups in total. The minimum absolute atomic E-state index is 0.591. The minimum Gasteiger partial charge on any atom is -0.497 e. The number of aryl methyl sites for hydroxylation is 3. The lowest BCUT2D eigenvalue weighted by Gasteiger charge is -2.07. The van der Waals surface area contributed by atoms with Crippen molar-refractivity contribution < 1.29 is 13.9 Å². The number of methoxy groups -OCH3 is 1. The largest absolute Gasteiger partial charge is 0.497 e. The molecule has 134 valence electrons. The van der Waals surface area contributed by atoms with Gasteiger partial charge in [-0.3, -0.25) is 0 Å². The molecule has 0 aliphatic heterocycles. The Kier molecular flexibility index (Phi) is 4.65. The fraction of sp³-hybridized carbons (Fsp3) is 0.318. The van der Waals surface area contributed by atoms with Gasteiger partial charge < -0.3 is 13.9 Å². The number of fused-ring (bicyclic) bond motifs is 1. The van der Waals surface area contributed by atoms with Gasteiger partial charge in [0.2, 0.25) is 5.89 Å². The number of aromatic nitrogens is 1. The van der Waals surface area contributed by atoms with Crippen molar-refractivity contribution in [3.63, 3.8) is 0 Å². The number of hydrogen-bond donors (Lipinski definition) is 0. The van der Waals surface area contributed by atoms with Crippen LogP contribution in [0.4, 0.5) is 0 Å². The Balaban J connectivity index is 1.40. The van der Waals surface area contributed by atoms with Crippen LogP contribution < -0.4 is 9.47 Å². The summed E-state index contributed by atoms with van der Waals surface area (Å²) < 4.78 is 17.0. The smallest absolute Gasteiger partial charge is 0.226 e. The highest BCUT2D eigenvalue weighted by atomic mass is 16.5. The Labute approximate surface area is 153 Å². The van der Waals surface area contributed by atoms with Crippen LogP contribution in [0.5, 0.6) is 11.5 Å². The second kappa shape index (κ2) is 7.24. The summed E-state index contributed by atoms with van der Waals surface area (Å²) in [6.07, 6.45) is 4.34. The molecule has 4 rings (SSSR count). The van der Waals surface area contributed by atoms with Gasteiger partial charge in [-0.05, 0) is 73.7 Å². The molecule has 4 nitrogen and oxygen atoms in total. The summed E-state index contributed by atoms with van der Waals surface area (Å²) in [5.74, 6) is 3.24. The van der Waals surface area contributed by atoms with E-state index in [1.165, 1.54) is 30.4 Å². The van der Waals surface area contributed by atoms with Crippen molar-refractivity contribution in [2.75, 3.05) is 13.7 Å². The molecular weight excluding hydrogens is 326 g/mol. The SMILES string of the molecule is COc1ccc(-c2nc(CCOc3ccc4c(c3)CCC4)c(C)o2)cc1. The molecule has 0 spiro atoms. The molecule has 0 radical (unpaired) electrons. The molecule has 0 saturated carbocycles. The average Bonchev–Trinajstić information content (AvgIpc) is 3.28. The third-order valence-electron chi connectivity index (χ3n) is 4.91. The van der Waals surface area contributed by atoms with Crippen molar-refractivity contribution in [2.24, 2.45) is 0 Å². The summed E-state index contributed by atoms with van der Waals surface area (Å²) in [5, 5.41) is 0. The molecule has 0 amide bonds. The second-order valence-electron chi connectivity index (χ2n) is 6.63. The predicted molar refractivity (Wildman–Crippen MR) is 101 cm³/mol. The van der Waals surface area contributed by atoms with E-state index >= 15 is 0 Å². The lowest BCUT2D eigenvalue weighted by molar-refractivity contribution is 0.319. The lowest BCUT2D eigenvalue weighted by atomic mass is 10.1. The standard InChI is InChI=1S/C22H23NO3/c1-15-21(23-22(26-15)17-7-9-19(24-2)10-8-17)12-13-25-20-11-6-16-4-3-5-18(16)14-20/h6-11,14H,3-5,12-13H2,1-2H3. The quantitative estimate of drug-likeness (QED) is 0.643. The van der Waals surface area contributed by atoms with Crippen molar-refractivity contribution in [3.05, 3.63) is 65.0 Å². The van der Waals surface area contributed by atoms with Gasteiger partial charge in [0.25, 0.3) is 0 Å². The molecule has 0 atom stereocenters. The van der Waals surface area contributed by atoms with Crippen LogP contribution in [0.1, 0.15) is 29.0 Å². The summed E-state index contributed by atoms with van der Waals surface area (Å²) in [7, 11) is 1.66. The molecule has 1 heterocycles. The van der Waals surface area contributed by atoms with Crippen LogP contribution >= 0.6 is 0 Å². The van der Waals surface area contributed by atoms with Gasteiger partial charge in [0, 0.05) is 12.0 Å². The monoisotopic (exact) mass is 349 g/mol. The van der Waals surface area contributed by atoms with E-state index in [0.717, 1.165) is 34.9 Å². The first kappa shape index (κ1) is 16.7. The maximum atomic E-state index is 5.94. The van der Waals surface area contributed by atoms with Crippen molar-refractivity contribution in [1.29, 1.82) is 0 Å². The first-order valence-electron chi connectivity index (χ1n) is 9.08. The van der Waals surface area contributed by atoms with Gasteiger partial charge in [-0.15, -0.1) is 0 Å². The van der Waals surface area contributed by atoms with Crippen LogP contribution in [0.3, 0.4) is 0 Å². The molecule has 0 bridgehead atoms. The van der Waals surface area contributed by atoms with Crippen molar-refractivity contribution in [2.45, 2.75) is 32.6 Å². The summed E-state index contributed by atoms with van der Waals surface area (Å²) >= 11 is 0. The van der Waals surface area contributed by atoms with Crippen molar-refractivity contribution in [1.82, 2.24) is 4.98 Å². The van der Waals surface area contributed by atoms with Crippen molar-refractivity contribution in [3.8, 4) is 23.0 Å². The maximum absolute atomic E-state index is 5.94. The third kappa shape index (κ3) is 3.45. The first-order valence-corrected chi connectivity index (χ1v) is 9.08. The minimum atomic E-state index is 0.591. The summed E-state index contributed by atoms with van der Waals surface area (Å²) in [4.78, 5) is 4.64. The van der Waals surface area contributed by atoms with Gasteiger partial charge in [0.1, 0.15) is 17.3 Å². The van der Waals surface area contributed by atoms with E-state index in [9.17, 15) is 0 Å². The number of nitrogens with zero attached hydrogens (tertiary/aromatic N) is 1. The van der Waals surface area contributed by atoms with E-state index in [1.54, 1.807) is 7.11 Å². The molecule has 0 unspecified atom stereocenters. The first-order chi connectivity index (χ1) is 12.7. The number of hydrogen-bond acceptors (Lipinski definition) is 4. The van der Waals surface area contributed by atoms with Crippen LogP contribution in [0.2, 0.25) is 0 Å². The topological polar surface area (TPSA) is 44.5 Å². The zero-order chi connectivity index (χ0) is 17.9. The number of oxazole rings is 1. The molecule has 2 aromatic carbocycles. The maximum Gasteiger partial charge on any atom is 0.226 e. The number of ether oxygens (including phenoxy) is 2. The van der Waals surface area contributed by atoms with Crippen LogP contribution in [-0.2, 0) is 19.3 Å². The average molecular weight is 349 g/mol. The summed E-state index contributed by atoms with van der Waals surface area (Å²) in [6, 6.07) is 14.2. The van der Waals surface area contributed by atoms with Gasteiger partial charge in [0.05, 0.1) is 19.4 Å². The molecule has 4 heteroatoms. The highest BCUT2D eigenvalue weighted by Crippen LogP contribution is 2.27. The molecule has 26 heavy (non-hydrogen) atoms. The Morgan fingerprint density at radius 3 is 2.58 bits per heavy atom. The molecule has 0 saturated heterocycles. The van der Waals surface area contributed by atoms with E-state index in [1.807, 2.05) is 31.2 Å². The second-order valence-corrected chi connectivity index (χ2v) is 6.63. The van der Waals surface area contributed by atoms with E-state index in [0.29, 0.717) is 12.5 Å². The lowest BCUT2D eigenvalue weighted by Crippen LogP contribution is -2.03. The van der Waals surface area contributed by atoms with E-state index < -0.39 is 0 Å². The molecule has 1 aliphatic carbocycles. The van der Waals surface area contributed by atoms with Gasteiger partial charge in [-0.2, -0.15) is 0 Å². The van der Waals surface area contributed by atoms with Crippen LogP contribution in [0.25, 0.3) is 11.5 Å². The van der Waals surface area contributed by atoms with Crippen molar-refractivity contribution >= 4 is 0 Å². The molecule has 1 aliphatic rings. The predicted octanol–water partition coefficient (Wildman–Crippen LogP) is 4.77. The van der Waals surface area contributed by atoms with Crippen LogP contribution in [0.15, 0.2) is 46.9 Å². The molecule has 3 aromatic rings. The van der Waals surface area contributed by atoms with E-state index in [2.05, 4.69) is 23.2 Å². The Bertz CT molecular complexity index is 896. The Morgan fingerprint density at radius 2 is 1.77 bits per heavy atom. The Hall–Kier alpha value is -2.75. The van der Waals surface area contributed by atoms with Crippen LogP contribution in [0, 0.1) is 6.92 Å². The van der Waals surface area contributed by atoms with Gasteiger partial charge in [-0.25, -0.2) is 4.98 Å². The number of rotatable bonds is 6. The number of benzene rings is 2. The van der Waals surface area contributed by atoms with Gasteiger partial charge in [0.15, 0.2) is 0 Å². The zero-order valence-electron chi connectivity index (χ0n) is 15.2. The fourth-order valence-corrected chi connectivity index (χ4v) is 3.42. The highest BCUT2D eigenvalue weighted by Gasteiger charge is 2.13. The fourth-order valence-electron chi connectivity index (χ4n) is 3.42. The summed E-state index contributed by atoms with van der Waals surface area (Å²) in [5.41, 5.74) is 4.78. The van der Waals surface area contributed by atoms with Gasteiger partial charge in [-0.1, -0.05) is 6.07 Å². The normalized spacial score (nSPS) is 12.8. The van der Waals surface area contributed by atoms with Crippen LogP contribution in [-0.4, -0.2) is 18.7 Å². The highest BCUT2D eigenvalue weighted by molar-refractivity contribution is 5.55. The van der Waals surface area contributed by atoms with E-state index in [4.69, 9.17) is 13.9 Å². The third-order valence-corrected chi connectivity index (χ3v) is 4.91. The Morgan fingerprint density at radius 1 is 1.00 bits per heavy atom. The van der Waals surface area contributed by atoms with Gasteiger partial charge >= 0.3 is 0 Å².